The lowest BCUT2D eigenvalue weighted by molar-refractivity contribution is -0.131. The molecule has 0 aliphatic heterocycles. The van der Waals surface area contributed by atoms with Gasteiger partial charge in [-0.3, -0.25) is 4.79 Å². The molecule has 1 aliphatic rings. The maximum Gasteiger partial charge on any atom is 0.224 e. The molecule has 1 rings (SSSR count). The summed E-state index contributed by atoms with van der Waals surface area (Å²) in [5, 5.41) is 13.0. The highest BCUT2D eigenvalue weighted by atomic mass is 16.3. The van der Waals surface area contributed by atoms with E-state index in [2.05, 4.69) is 12.2 Å². The standard InChI is InChI=1S/C14H28N2O2/c1-4-16(5-2)14(18)10-11(3)15-12-6-8-13(17)9-7-12/h11-13,15,17H,4-10H2,1-3H3. The molecule has 0 spiro atoms. The van der Waals surface area contributed by atoms with Gasteiger partial charge in [0.2, 0.25) is 5.91 Å². The third-order valence-corrected chi connectivity index (χ3v) is 3.81. The fourth-order valence-corrected chi connectivity index (χ4v) is 2.67. The number of carbonyl (C=O) groups excluding carboxylic acids is 1. The number of carbonyl (C=O) groups is 1. The second kappa shape index (κ2) is 7.74. The maximum atomic E-state index is 12.0. The highest BCUT2D eigenvalue weighted by Crippen LogP contribution is 2.19. The molecule has 4 heteroatoms. The Hall–Kier alpha value is -0.610. The molecule has 4 nitrogen and oxygen atoms in total. The average molecular weight is 256 g/mol. The first-order valence-electron chi connectivity index (χ1n) is 7.28. The summed E-state index contributed by atoms with van der Waals surface area (Å²) < 4.78 is 0. The molecule has 0 saturated heterocycles. The first-order chi connectivity index (χ1) is 8.56. The Labute approximate surface area is 111 Å². The van der Waals surface area contributed by atoms with Gasteiger partial charge in [0.15, 0.2) is 0 Å². The van der Waals surface area contributed by atoms with E-state index in [-0.39, 0.29) is 18.1 Å². The van der Waals surface area contributed by atoms with Crippen LogP contribution in [0.5, 0.6) is 0 Å². The number of hydrogen-bond donors (Lipinski definition) is 2. The molecule has 0 radical (unpaired) electrons. The molecule has 2 N–H and O–H groups in total. The molecule has 0 bridgehead atoms. The van der Waals surface area contributed by atoms with Crippen LogP contribution in [0.1, 0.15) is 52.9 Å². The summed E-state index contributed by atoms with van der Waals surface area (Å²) in [6.07, 6.45) is 4.26. The van der Waals surface area contributed by atoms with Crippen LogP contribution in [0, 0.1) is 0 Å². The zero-order chi connectivity index (χ0) is 13.5. The molecule has 1 atom stereocenters. The molecule has 1 aliphatic carbocycles. The zero-order valence-corrected chi connectivity index (χ0v) is 12.0. The quantitative estimate of drug-likeness (QED) is 0.758. The van der Waals surface area contributed by atoms with Crippen molar-refractivity contribution >= 4 is 5.91 Å². The van der Waals surface area contributed by atoms with Crippen LogP contribution in [-0.4, -0.2) is 47.2 Å². The smallest absolute Gasteiger partial charge is 0.224 e. The molecule has 106 valence electrons. The van der Waals surface area contributed by atoms with E-state index in [9.17, 15) is 9.90 Å². The van der Waals surface area contributed by atoms with E-state index >= 15 is 0 Å². The molecule has 1 fully saturated rings. The Morgan fingerprint density at radius 3 is 2.33 bits per heavy atom. The van der Waals surface area contributed by atoms with Crippen molar-refractivity contribution in [3.8, 4) is 0 Å². The summed E-state index contributed by atoms with van der Waals surface area (Å²) in [4.78, 5) is 13.8. The third kappa shape index (κ3) is 4.94. The summed E-state index contributed by atoms with van der Waals surface area (Å²) in [5.74, 6) is 0.232. The van der Waals surface area contributed by atoms with Gasteiger partial charge >= 0.3 is 0 Å². The Morgan fingerprint density at radius 1 is 1.28 bits per heavy atom. The van der Waals surface area contributed by atoms with Gasteiger partial charge in [-0.1, -0.05) is 0 Å². The number of hydrogen-bond acceptors (Lipinski definition) is 3. The van der Waals surface area contributed by atoms with Crippen LogP contribution in [0.4, 0.5) is 0 Å². The molecule has 0 aromatic carbocycles. The van der Waals surface area contributed by atoms with Gasteiger partial charge in [0.05, 0.1) is 6.10 Å². The van der Waals surface area contributed by atoms with Crippen LogP contribution in [0.2, 0.25) is 0 Å². The van der Waals surface area contributed by atoms with E-state index in [4.69, 9.17) is 0 Å². The molecular formula is C14H28N2O2. The highest BCUT2D eigenvalue weighted by Gasteiger charge is 2.22. The largest absolute Gasteiger partial charge is 0.393 e. The van der Waals surface area contributed by atoms with Crippen molar-refractivity contribution in [3.05, 3.63) is 0 Å². The van der Waals surface area contributed by atoms with E-state index in [1.165, 1.54) is 0 Å². The number of rotatable bonds is 6. The summed E-state index contributed by atoms with van der Waals surface area (Å²) >= 11 is 0. The number of nitrogens with zero attached hydrogens (tertiary/aromatic N) is 1. The Bertz CT molecular complexity index is 246. The first kappa shape index (κ1) is 15.4. The maximum absolute atomic E-state index is 12.0. The van der Waals surface area contributed by atoms with Gasteiger partial charge < -0.3 is 15.3 Å². The zero-order valence-electron chi connectivity index (χ0n) is 12.0. The van der Waals surface area contributed by atoms with Crippen LogP contribution in [0.3, 0.4) is 0 Å². The van der Waals surface area contributed by atoms with Gasteiger partial charge in [-0.15, -0.1) is 0 Å². The minimum Gasteiger partial charge on any atom is -0.393 e. The predicted molar refractivity (Wildman–Crippen MR) is 73.4 cm³/mol. The molecule has 1 saturated carbocycles. The molecule has 0 aromatic heterocycles. The van der Waals surface area contributed by atoms with Crippen LogP contribution in [0.15, 0.2) is 0 Å². The van der Waals surface area contributed by atoms with Crippen molar-refractivity contribution in [2.75, 3.05) is 13.1 Å². The topological polar surface area (TPSA) is 52.6 Å². The van der Waals surface area contributed by atoms with Crippen molar-refractivity contribution < 1.29 is 9.90 Å². The van der Waals surface area contributed by atoms with E-state index in [1.54, 1.807) is 0 Å². The molecule has 0 aromatic rings. The van der Waals surface area contributed by atoms with Gasteiger partial charge in [-0.2, -0.15) is 0 Å². The van der Waals surface area contributed by atoms with Crippen LogP contribution < -0.4 is 5.32 Å². The molecule has 18 heavy (non-hydrogen) atoms. The lowest BCUT2D eigenvalue weighted by Crippen LogP contribution is -2.43. The van der Waals surface area contributed by atoms with Gasteiger partial charge in [-0.05, 0) is 46.5 Å². The second-order valence-corrected chi connectivity index (χ2v) is 5.34. The van der Waals surface area contributed by atoms with E-state index in [0.29, 0.717) is 12.5 Å². The molecule has 1 unspecified atom stereocenters. The number of nitrogens with one attached hydrogen (secondary N) is 1. The van der Waals surface area contributed by atoms with Gasteiger partial charge in [0, 0.05) is 31.6 Å². The third-order valence-electron chi connectivity index (χ3n) is 3.81. The van der Waals surface area contributed by atoms with Crippen molar-refractivity contribution in [2.45, 2.75) is 71.1 Å². The van der Waals surface area contributed by atoms with Gasteiger partial charge in [0.1, 0.15) is 0 Å². The van der Waals surface area contributed by atoms with Crippen LogP contribution in [0.25, 0.3) is 0 Å². The fourth-order valence-electron chi connectivity index (χ4n) is 2.67. The lowest BCUT2D eigenvalue weighted by Gasteiger charge is -2.29. The summed E-state index contributed by atoms with van der Waals surface area (Å²) in [7, 11) is 0. The predicted octanol–water partition coefficient (Wildman–Crippen LogP) is 1.53. The van der Waals surface area contributed by atoms with Gasteiger partial charge in [-0.25, -0.2) is 0 Å². The van der Waals surface area contributed by atoms with E-state index in [1.807, 2.05) is 18.7 Å². The SMILES string of the molecule is CCN(CC)C(=O)CC(C)NC1CCC(O)CC1. The summed E-state index contributed by atoms with van der Waals surface area (Å²) in [6.45, 7) is 7.69. The number of aliphatic hydroxyl groups excluding tert-OH is 1. The fraction of sp³-hybridized carbons (Fsp3) is 0.929. The molecular weight excluding hydrogens is 228 g/mol. The van der Waals surface area contributed by atoms with Gasteiger partial charge in [0.25, 0.3) is 0 Å². The van der Waals surface area contributed by atoms with Crippen molar-refractivity contribution in [3.63, 3.8) is 0 Å². The Morgan fingerprint density at radius 2 is 1.83 bits per heavy atom. The minimum absolute atomic E-state index is 0.115. The van der Waals surface area contributed by atoms with E-state index < -0.39 is 0 Å². The lowest BCUT2D eigenvalue weighted by atomic mass is 9.92. The van der Waals surface area contributed by atoms with Crippen LogP contribution in [-0.2, 0) is 4.79 Å². The monoisotopic (exact) mass is 256 g/mol. The number of amides is 1. The molecule has 0 heterocycles. The summed E-state index contributed by atoms with van der Waals surface area (Å²) in [6, 6.07) is 0.686. The second-order valence-electron chi connectivity index (χ2n) is 5.34. The molecule has 1 amide bonds. The average Bonchev–Trinajstić information content (AvgIpc) is 2.33. The van der Waals surface area contributed by atoms with E-state index in [0.717, 1.165) is 38.8 Å². The van der Waals surface area contributed by atoms with Crippen molar-refractivity contribution in [1.82, 2.24) is 10.2 Å². The summed E-state index contributed by atoms with van der Waals surface area (Å²) in [5.41, 5.74) is 0. The Balaban J connectivity index is 2.28. The first-order valence-corrected chi connectivity index (χ1v) is 7.28. The number of aliphatic hydroxyl groups is 1. The normalized spacial score (nSPS) is 25.8. The van der Waals surface area contributed by atoms with Crippen LogP contribution >= 0.6 is 0 Å². The Kier molecular flexibility index (Phi) is 6.65. The van der Waals surface area contributed by atoms with Crippen molar-refractivity contribution in [2.24, 2.45) is 0 Å². The van der Waals surface area contributed by atoms with Crippen molar-refractivity contribution in [1.29, 1.82) is 0 Å². The minimum atomic E-state index is -0.115. The highest BCUT2D eigenvalue weighted by molar-refractivity contribution is 5.76.